The van der Waals surface area contributed by atoms with Crippen LogP contribution in [0.5, 0.6) is 5.75 Å². The molecule has 6 heteroatoms. The fraction of sp³-hybridized carbons (Fsp3) is 0.478. The third-order valence-corrected chi connectivity index (χ3v) is 5.96. The summed E-state index contributed by atoms with van der Waals surface area (Å²) in [6, 6.07) is 6.60. The summed E-state index contributed by atoms with van der Waals surface area (Å²) in [6.45, 7) is 11.2. The van der Waals surface area contributed by atoms with Gasteiger partial charge in [0.1, 0.15) is 5.75 Å². The molecule has 4 nitrogen and oxygen atoms in total. The Morgan fingerprint density at radius 1 is 1.24 bits per heavy atom. The molecule has 1 saturated heterocycles. The van der Waals surface area contributed by atoms with Crippen molar-refractivity contribution in [3.8, 4) is 5.75 Å². The van der Waals surface area contributed by atoms with Crippen LogP contribution in [0, 0.1) is 0 Å². The lowest BCUT2D eigenvalue weighted by atomic mass is 9.82. The van der Waals surface area contributed by atoms with Gasteiger partial charge in [0.05, 0.1) is 11.7 Å². The maximum absolute atomic E-state index is 11.2. The molecule has 2 rings (SSSR count). The zero-order valence-electron chi connectivity index (χ0n) is 17.9. The number of allylic oxidation sites excluding steroid dienone is 3. The maximum atomic E-state index is 11.2. The van der Waals surface area contributed by atoms with Gasteiger partial charge in [-0.3, -0.25) is 4.90 Å². The first-order valence-corrected chi connectivity index (χ1v) is 11.6. The molecular formula is C23H37NO3P2. The van der Waals surface area contributed by atoms with E-state index in [-0.39, 0.29) is 11.8 Å². The summed E-state index contributed by atoms with van der Waals surface area (Å²) in [5, 5.41) is 32.3. The molecule has 1 fully saturated rings. The number of likely N-dealkylation sites (tertiary alicyclic amines) is 1. The van der Waals surface area contributed by atoms with Gasteiger partial charge in [0.2, 0.25) is 0 Å². The monoisotopic (exact) mass is 437 g/mol. The number of piperidine rings is 1. The Balaban J connectivity index is 0.00000204. The van der Waals surface area contributed by atoms with Gasteiger partial charge in [0.15, 0.2) is 0 Å². The predicted octanol–water partition coefficient (Wildman–Crippen LogP) is 4.41. The van der Waals surface area contributed by atoms with Crippen LogP contribution in [0.1, 0.15) is 45.3 Å². The second kappa shape index (κ2) is 12.6. The normalized spacial score (nSPS) is 19.7. The lowest BCUT2D eigenvalue weighted by molar-refractivity contribution is -0.0231. The van der Waals surface area contributed by atoms with Crippen LogP contribution < -0.4 is 0 Å². The first-order chi connectivity index (χ1) is 13.8. The number of aromatic hydroxyl groups is 1. The van der Waals surface area contributed by atoms with Gasteiger partial charge in [0, 0.05) is 19.1 Å². The van der Waals surface area contributed by atoms with Crippen molar-refractivity contribution in [2.24, 2.45) is 0 Å². The number of nitrogens with zero attached hydrogens (tertiary/aromatic N) is 1. The molecule has 0 radical (unpaired) electrons. The minimum Gasteiger partial charge on any atom is -0.508 e. The van der Waals surface area contributed by atoms with Crippen LogP contribution in [0.3, 0.4) is 0 Å². The van der Waals surface area contributed by atoms with Gasteiger partial charge in [-0.05, 0) is 60.6 Å². The average Bonchev–Trinajstić information content (AvgIpc) is 2.74. The van der Waals surface area contributed by atoms with E-state index in [9.17, 15) is 15.3 Å². The standard InChI is InChI=1S/C21H31NO3P2.C2H6/c1-3-19(27)14-17(8-13-26)21(25)9-11-22(12-10-21)15(2)20(24)16-4-6-18(23)7-5-16;1-2/h3-8,14-15,20,23-25H,1,9-13,26-27H2,2H3;1-2H3/b17-8+,19-14+;. The van der Waals surface area contributed by atoms with E-state index in [0.717, 1.165) is 22.6 Å². The minimum absolute atomic E-state index is 0.0748. The van der Waals surface area contributed by atoms with Crippen LogP contribution in [0.4, 0.5) is 0 Å². The Bertz CT molecular complexity index is 693. The fourth-order valence-corrected chi connectivity index (χ4v) is 3.92. The van der Waals surface area contributed by atoms with E-state index in [0.29, 0.717) is 25.9 Å². The molecule has 1 aromatic rings. The summed E-state index contributed by atoms with van der Waals surface area (Å²) in [4.78, 5) is 2.21. The number of phenols is 1. The summed E-state index contributed by atoms with van der Waals surface area (Å²) < 4.78 is 0. The van der Waals surface area contributed by atoms with E-state index in [1.807, 2.05) is 32.9 Å². The minimum atomic E-state index is -0.860. The lowest BCUT2D eigenvalue weighted by Crippen LogP contribution is -2.49. The molecule has 162 valence electrons. The molecule has 4 atom stereocenters. The molecule has 1 aliphatic heterocycles. The molecule has 0 aromatic heterocycles. The molecular weight excluding hydrogens is 400 g/mol. The van der Waals surface area contributed by atoms with Crippen LogP contribution in [-0.2, 0) is 0 Å². The summed E-state index contributed by atoms with van der Waals surface area (Å²) in [6.07, 6.45) is 7.15. The van der Waals surface area contributed by atoms with Crippen molar-refractivity contribution in [1.29, 1.82) is 0 Å². The van der Waals surface area contributed by atoms with Crippen molar-refractivity contribution >= 4 is 18.5 Å². The van der Waals surface area contributed by atoms with Crippen molar-refractivity contribution in [1.82, 2.24) is 4.90 Å². The maximum Gasteiger partial charge on any atom is 0.115 e. The first-order valence-electron chi connectivity index (χ1n) is 10.2. The molecule has 0 bridgehead atoms. The fourth-order valence-electron chi connectivity index (χ4n) is 3.49. The van der Waals surface area contributed by atoms with E-state index in [2.05, 4.69) is 30.0 Å². The number of hydrogen-bond donors (Lipinski definition) is 3. The van der Waals surface area contributed by atoms with Gasteiger partial charge >= 0.3 is 0 Å². The highest BCUT2D eigenvalue weighted by atomic mass is 31.0. The van der Waals surface area contributed by atoms with E-state index in [1.54, 1.807) is 30.3 Å². The first kappa shape index (κ1) is 26.0. The Morgan fingerprint density at radius 2 is 1.79 bits per heavy atom. The third kappa shape index (κ3) is 7.31. The average molecular weight is 438 g/mol. The second-order valence-electron chi connectivity index (χ2n) is 7.09. The molecule has 4 unspecified atom stereocenters. The molecule has 1 heterocycles. The van der Waals surface area contributed by atoms with Crippen molar-refractivity contribution in [2.75, 3.05) is 19.3 Å². The van der Waals surface area contributed by atoms with Gasteiger partial charge in [0.25, 0.3) is 0 Å². The number of rotatable bonds is 7. The number of hydrogen-bond acceptors (Lipinski definition) is 4. The summed E-state index contributed by atoms with van der Waals surface area (Å²) in [7, 11) is 5.31. The Hall–Kier alpha value is -1.02. The van der Waals surface area contributed by atoms with E-state index in [4.69, 9.17) is 0 Å². The van der Waals surface area contributed by atoms with Crippen molar-refractivity contribution in [2.45, 2.75) is 51.4 Å². The van der Waals surface area contributed by atoms with Gasteiger partial charge in [-0.25, -0.2) is 0 Å². The molecule has 0 amide bonds. The third-order valence-electron chi connectivity index (χ3n) is 5.33. The topological polar surface area (TPSA) is 63.9 Å². The molecule has 0 saturated carbocycles. The van der Waals surface area contributed by atoms with E-state index in [1.165, 1.54) is 0 Å². The van der Waals surface area contributed by atoms with Crippen LogP contribution in [0.25, 0.3) is 0 Å². The summed E-state index contributed by atoms with van der Waals surface area (Å²) in [5.74, 6) is 0.191. The summed E-state index contributed by atoms with van der Waals surface area (Å²) in [5.41, 5.74) is 0.848. The van der Waals surface area contributed by atoms with Crippen molar-refractivity contribution < 1.29 is 15.3 Å². The van der Waals surface area contributed by atoms with E-state index < -0.39 is 11.7 Å². The second-order valence-corrected chi connectivity index (χ2v) is 8.23. The predicted molar refractivity (Wildman–Crippen MR) is 130 cm³/mol. The van der Waals surface area contributed by atoms with Crippen LogP contribution in [0.2, 0.25) is 0 Å². The Kier molecular flexibility index (Phi) is 11.3. The molecule has 1 aromatic carbocycles. The highest BCUT2D eigenvalue weighted by Crippen LogP contribution is 2.34. The van der Waals surface area contributed by atoms with Gasteiger partial charge < -0.3 is 15.3 Å². The van der Waals surface area contributed by atoms with Crippen LogP contribution in [0.15, 0.2) is 60.0 Å². The number of benzene rings is 1. The van der Waals surface area contributed by atoms with Gasteiger partial charge in [-0.15, -0.1) is 18.5 Å². The number of aliphatic hydroxyl groups excluding tert-OH is 1. The zero-order valence-corrected chi connectivity index (χ0v) is 20.2. The Morgan fingerprint density at radius 3 is 2.28 bits per heavy atom. The molecule has 3 N–H and O–H groups in total. The number of phenolic OH excluding ortho intramolecular Hbond substituents is 1. The van der Waals surface area contributed by atoms with Crippen LogP contribution in [-0.4, -0.2) is 51.1 Å². The molecule has 0 spiro atoms. The number of aliphatic hydroxyl groups is 2. The highest BCUT2D eigenvalue weighted by Gasteiger charge is 2.37. The highest BCUT2D eigenvalue weighted by molar-refractivity contribution is 7.22. The van der Waals surface area contributed by atoms with Gasteiger partial charge in [-0.2, -0.15) is 0 Å². The quantitative estimate of drug-likeness (QED) is 0.437. The van der Waals surface area contributed by atoms with E-state index >= 15 is 0 Å². The van der Waals surface area contributed by atoms with Crippen molar-refractivity contribution in [3.63, 3.8) is 0 Å². The molecule has 1 aliphatic rings. The molecule has 29 heavy (non-hydrogen) atoms. The van der Waals surface area contributed by atoms with Crippen LogP contribution >= 0.6 is 18.5 Å². The SMILES string of the molecule is C=C/C(P)=C\C(=C/CP)C1(O)CCN(C(C)C(O)c2ccc(O)cc2)CC1.CC. The zero-order chi connectivity index (χ0) is 22.0. The molecule has 0 aliphatic carbocycles. The Labute approximate surface area is 180 Å². The largest absolute Gasteiger partial charge is 0.508 e. The lowest BCUT2D eigenvalue weighted by Gasteiger charge is -2.42. The van der Waals surface area contributed by atoms with Gasteiger partial charge in [-0.1, -0.05) is 44.7 Å². The van der Waals surface area contributed by atoms with Crippen molar-refractivity contribution in [3.05, 3.63) is 65.5 Å². The summed E-state index contributed by atoms with van der Waals surface area (Å²) >= 11 is 0. The smallest absolute Gasteiger partial charge is 0.115 e.